The predicted molar refractivity (Wildman–Crippen MR) is 49.1 cm³/mol. The van der Waals surface area contributed by atoms with E-state index >= 15 is 0 Å². The summed E-state index contributed by atoms with van der Waals surface area (Å²) in [6, 6.07) is 2.37. The van der Waals surface area contributed by atoms with Crippen molar-refractivity contribution in [2.45, 2.75) is 19.6 Å². The van der Waals surface area contributed by atoms with E-state index in [1.807, 2.05) is 0 Å². The number of hydrogen-bond donors (Lipinski definition) is 1. The molecule has 0 amide bonds. The largest absolute Gasteiger partial charge is 0.416 e. The van der Waals surface area contributed by atoms with Crippen LogP contribution in [0.25, 0.3) is 0 Å². The molecule has 1 aromatic rings. The molecule has 0 unspecified atom stereocenters. The number of alkyl halides is 3. The van der Waals surface area contributed by atoms with Crippen molar-refractivity contribution >= 4 is 11.6 Å². The lowest BCUT2D eigenvalue weighted by atomic mass is 10.0. The van der Waals surface area contributed by atoms with Gasteiger partial charge in [0.15, 0.2) is 0 Å². The lowest BCUT2D eigenvalue weighted by molar-refractivity contribution is -0.138. The maximum Gasteiger partial charge on any atom is 0.416 e. The van der Waals surface area contributed by atoms with Gasteiger partial charge in [-0.15, -0.1) is 0 Å². The highest BCUT2D eigenvalue weighted by Gasteiger charge is 2.33. The van der Waals surface area contributed by atoms with E-state index in [2.05, 4.69) is 0 Å². The van der Waals surface area contributed by atoms with Gasteiger partial charge in [-0.3, -0.25) is 0 Å². The Kier molecular flexibility index (Phi) is 3.07. The zero-order valence-corrected chi connectivity index (χ0v) is 8.21. The van der Waals surface area contributed by atoms with Crippen LogP contribution >= 0.6 is 11.6 Å². The van der Waals surface area contributed by atoms with Crippen LogP contribution < -0.4 is 5.73 Å². The standard InChI is InChI=1S/C9H9ClF3N/c1-5-2-6(10)3-8(7(5)4-14)9(11,12)13/h2-3H,4,14H2,1H3. The molecule has 0 fully saturated rings. The summed E-state index contributed by atoms with van der Waals surface area (Å²) in [5.41, 5.74) is 5.07. The van der Waals surface area contributed by atoms with E-state index in [0.717, 1.165) is 6.07 Å². The summed E-state index contributed by atoms with van der Waals surface area (Å²) < 4.78 is 37.4. The van der Waals surface area contributed by atoms with Crippen molar-refractivity contribution in [1.29, 1.82) is 0 Å². The number of hydrogen-bond acceptors (Lipinski definition) is 1. The first-order valence-corrected chi connectivity index (χ1v) is 4.30. The molecular weight excluding hydrogens is 215 g/mol. The Hall–Kier alpha value is -0.740. The van der Waals surface area contributed by atoms with Crippen molar-refractivity contribution in [2.75, 3.05) is 0 Å². The third-order valence-electron chi connectivity index (χ3n) is 1.95. The number of halogens is 4. The second kappa shape index (κ2) is 3.79. The highest BCUT2D eigenvalue weighted by Crippen LogP contribution is 2.35. The number of rotatable bonds is 1. The molecule has 0 radical (unpaired) electrons. The normalized spacial score (nSPS) is 11.9. The number of aryl methyl sites for hydroxylation is 1. The molecular formula is C9H9ClF3N. The molecule has 0 atom stereocenters. The second-order valence-corrected chi connectivity index (χ2v) is 3.39. The first-order chi connectivity index (χ1) is 6.36. The van der Waals surface area contributed by atoms with Gasteiger partial charge in [-0.25, -0.2) is 0 Å². The van der Waals surface area contributed by atoms with Gasteiger partial charge in [0.05, 0.1) is 5.56 Å². The minimum atomic E-state index is -4.40. The van der Waals surface area contributed by atoms with Crippen LogP contribution in [0.2, 0.25) is 5.02 Å². The fraction of sp³-hybridized carbons (Fsp3) is 0.333. The molecule has 2 N–H and O–H groups in total. The smallest absolute Gasteiger partial charge is 0.326 e. The molecule has 0 aliphatic carbocycles. The van der Waals surface area contributed by atoms with Gasteiger partial charge in [0, 0.05) is 11.6 Å². The van der Waals surface area contributed by atoms with Crippen LogP contribution in [0.1, 0.15) is 16.7 Å². The molecule has 5 heteroatoms. The summed E-state index contributed by atoms with van der Waals surface area (Å²) in [5.74, 6) is 0. The van der Waals surface area contributed by atoms with Gasteiger partial charge >= 0.3 is 6.18 Å². The van der Waals surface area contributed by atoms with Crippen LogP contribution in [-0.2, 0) is 12.7 Å². The van der Waals surface area contributed by atoms with Crippen LogP contribution in [0.3, 0.4) is 0 Å². The van der Waals surface area contributed by atoms with E-state index in [1.54, 1.807) is 6.92 Å². The maximum absolute atomic E-state index is 12.5. The monoisotopic (exact) mass is 223 g/mol. The van der Waals surface area contributed by atoms with Crippen LogP contribution in [0.15, 0.2) is 12.1 Å². The van der Waals surface area contributed by atoms with Crippen molar-refractivity contribution in [3.05, 3.63) is 33.8 Å². The van der Waals surface area contributed by atoms with Crippen molar-refractivity contribution in [1.82, 2.24) is 0 Å². The van der Waals surface area contributed by atoms with E-state index in [4.69, 9.17) is 17.3 Å². The van der Waals surface area contributed by atoms with Gasteiger partial charge in [0.2, 0.25) is 0 Å². The molecule has 1 aromatic carbocycles. The second-order valence-electron chi connectivity index (χ2n) is 2.95. The van der Waals surface area contributed by atoms with Gasteiger partial charge in [0.1, 0.15) is 0 Å². The Labute approximate surface area is 84.7 Å². The predicted octanol–water partition coefficient (Wildman–Crippen LogP) is 3.13. The quantitative estimate of drug-likeness (QED) is 0.778. The Balaban J connectivity index is 3.40. The summed E-state index contributed by atoms with van der Waals surface area (Å²) in [5, 5.41) is 0.0759. The fourth-order valence-corrected chi connectivity index (χ4v) is 1.57. The fourth-order valence-electron chi connectivity index (χ4n) is 1.30. The average molecular weight is 224 g/mol. The molecule has 0 spiro atoms. The zero-order valence-electron chi connectivity index (χ0n) is 7.45. The van der Waals surface area contributed by atoms with Crippen molar-refractivity contribution in [2.24, 2.45) is 5.73 Å². The number of nitrogens with two attached hydrogens (primary N) is 1. The SMILES string of the molecule is Cc1cc(Cl)cc(C(F)(F)F)c1CN. The summed E-state index contributed by atoms with van der Waals surface area (Å²) >= 11 is 5.54. The molecule has 14 heavy (non-hydrogen) atoms. The molecule has 1 nitrogen and oxygen atoms in total. The van der Waals surface area contributed by atoms with Gasteiger partial charge in [0.25, 0.3) is 0 Å². The topological polar surface area (TPSA) is 26.0 Å². The van der Waals surface area contributed by atoms with Crippen molar-refractivity contribution in [3.63, 3.8) is 0 Å². The summed E-state index contributed by atoms with van der Waals surface area (Å²) in [6.45, 7) is 1.42. The van der Waals surface area contributed by atoms with E-state index < -0.39 is 11.7 Å². The van der Waals surface area contributed by atoms with Crippen LogP contribution in [-0.4, -0.2) is 0 Å². The minimum absolute atomic E-state index is 0.0759. The Bertz CT molecular complexity index is 347. The highest BCUT2D eigenvalue weighted by atomic mass is 35.5. The summed E-state index contributed by atoms with van der Waals surface area (Å²) in [6.07, 6.45) is -4.40. The first kappa shape index (κ1) is 11.3. The molecule has 0 saturated heterocycles. The Morgan fingerprint density at radius 1 is 1.36 bits per heavy atom. The highest BCUT2D eigenvalue weighted by molar-refractivity contribution is 6.30. The van der Waals surface area contributed by atoms with Crippen LogP contribution in [0, 0.1) is 6.92 Å². The third-order valence-corrected chi connectivity index (χ3v) is 2.17. The minimum Gasteiger partial charge on any atom is -0.326 e. The third kappa shape index (κ3) is 2.19. The first-order valence-electron chi connectivity index (χ1n) is 3.92. The van der Waals surface area contributed by atoms with Gasteiger partial charge in [-0.2, -0.15) is 13.2 Å². The van der Waals surface area contributed by atoms with Crippen LogP contribution in [0.4, 0.5) is 13.2 Å². The van der Waals surface area contributed by atoms with E-state index in [0.29, 0.717) is 5.56 Å². The lowest BCUT2D eigenvalue weighted by Crippen LogP contribution is -2.13. The Morgan fingerprint density at radius 2 is 1.93 bits per heavy atom. The number of benzene rings is 1. The molecule has 0 aromatic heterocycles. The molecule has 1 rings (SSSR count). The lowest BCUT2D eigenvalue weighted by Gasteiger charge is -2.14. The molecule has 0 heterocycles. The molecule has 0 aliphatic heterocycles. The van der Waals surface area contributed by atoms with E-state index in [1.165, 1.54) is 6.07 Å². The molecule has 78 valence electrons. The molecule has 0 saturated carbocycles. The molecule has 0 aliphatic rings. The van der Waals surface area contributed by atoms with E-state index in [-0.39, 0.29) is 17.1 Å². The Morgan fingerprint density at radius 3 is 2.36 bits per heavy atom. The van der Waals surface area contributed by atoms with E-state index in [9.17, 15) is 13.2 Å². The van der Waals surface area contributed by atoms with Gasteiger partial charge < -0.3 is 5.73 Å². The van der Waals surface area contributed by atoms with Crippen molar-refractivity contribution in [3.8, 4) is 0 Å². The maximum atomic E-state index is 12.5. The van der Waals surface area contributed by atoms with Gasteiger partial charge in [-0.1, -0.05) is 11.6 Å². The average Bonchev–Trinajstić information content (AvgIpc) is 2.01. The molecule has 0 bridgehead atoms. The van der Waals surface area contributed by atoms with Crippen molar-refractivity contribution < 1.29 is 13.2 Å². The zero-order chi connectivity index (χ0) is 10.9. The van der Waals surface area contributed by atoms with Crippen LogP contribution in [0.5, 0.6) is 0 Å². The summed E-state index contributed by atoms with van der Waals surface area (Å²) in [7, 11) is 0. The van der Waals surface area contributed by atoms with Gasteiger partial charge in [-0.05, 0) is 30.2 Å². The summed E-state index contributed by atoms with van der Waals surface area (Å²) in [4.78, 5) is 0.